The average Bonchev–Trinajstić information content (AvgIpc) is 2.44. The van der Waals surface area contributed by atoms with Crippen molar-refractivity contribution in [3.05, 3.63) is 22.9 Å². The minimum Gasteiger partial charge on any atom is -0.391 e. The van der Waals surface area contributed by atoms with E-state index >= 15 is 0 Å². The third-order valence-electron chi connectivity index (χ3n) is 2.82. The highest BCUT2D eigenvalue weighted by Crippen LogP contribution is 2.17. The smallest absolute Gasteiger partial charge is 0.251 e. The molecular formula is C12H20N2O2. The molecule has 0 saturated heterocycles. The third-order valence-corrected chi connectivity index (χ3v) is 2.82. The van der Waals surface area contributed by atoms with Gasteiger partial charge in [-0.2, -0.15) is 0 Å². The van der Waals surface area contributed by atoms with Crippen LogP contribution in [0.5, 0.6) is 0 Å². The molecule has 0 fully saturated rings. The Kier molecular flexibility index (Phi) is 4.12. The number of hydrogen-bond donors (Lipinski definition) is 2. The lowest BCUT2D eigenvalue weighted by molar-refractivity contribution is -0.131. The number of aliphatic hydroxyl groups excluding tert-OH is 1. The minimum atomic E-state index is -0.761. The lowest BCUT2D eigenvalue weighted by Crippen LogP contribution is -2.35. The van der Waals surface area contributed by atoms with Crippen LogP contribution >= 0.6 is 0 Å². The summed E-state index contributed by atoms with van der Waals surface area (Å²) in [5.74, 6) is -0.0725. The second-order valence-electron chi connectivity index (χ2n) is 4.24. The van der Waals surface area contributed by atoms with Gasteiger partial charge in [0.1, 0.15) is 6.23 Å². The Bertz CT molecular complexity index is 341. The van der Waals surface area contributed by atoms with Gasteiger partial charge in [0.25, 0.3) is 5.91 Å². The maximum absolute atomic E-state index is 11.6. The Balaban J connectivity index is 2.58. The number of carbonyl (C=O) groups excluding carboxylic acids is 1. The summed E-state index contributed by atoms with van der Waals surface area (Å²) in [4.78, 5) is 13.1. The highest BCUT2D eigenvalue weighted by atomic mass is 16.3. The largest absolute Gasteiger partial charge is 0.391 e. The summed E-state index contributed by atoms with van der Waals surface area (Å²) in [6.45, 7) is 6.32. The van der Waals surface area contributed by atoms with Gasteiger partial charge in [0.2, 0.25) is 0 Å². The van der Waals surface area contributed by atoms with Crippen LogP contribution in [0.4, 0.5) is 0 Å². The topological polar surface area (TPSA) is 52.6 Å². The molecule has 2 N–H and O–H groups in total. The van der Waals surface area contributed by atoms with Crippen LogP contribution < -0.4 is 5.32 Å². The number of rotatable bonds is 4. The van der Waals surface area contributed by atoms with Crippen molar-refractivity contribution in [1.29, 1.82) is 0 Å². The van der Waals surface area contributed by atoms with Crippen molar-refractivity contribution in [1.82, 2.24) is 10.2 Å². The van der Waals surface area contributed by atoms with Gasteiger partial charge < -0.3 is 15.3 Å². The van der Waals surface area contributed by atoms with E-state index in [1.54, 1.807) is 13.0 Å². The first-order valence-electron chi connectivity index (χ1n) is 5.49. The fourth-order valence-electron chi connectivity index (χ4n) is 1.82. The van der Waals surface area contributed by atoms with Gasteiger partial charge >= 0.3 is 0 Å². The Hall–Kier alpha value is -1.29. The maximum atomic E-state index is 11.6. The van der Waals surface area contributed by atoms with Gasteiger partial charge in [0.05, 0.1) is 0 Å². The van der Waals surface area contributed by atoms with Gasteiger partial charge in [0.15, 0.2) is 0 Å². The summed E-state index contributed by atoms with van der Waals surface area (Å²) in [5, 5.41) is 12.8. The van der Waals surface area contributed by atoms with Gasteiger partial charge in [-0.05, 0) is 26.8 Å². The second kappa shape index (κ2) is 5.16. The van der Waals surface area contributed by atoms with Crippen LogP contribution in [0, 0.1) is 0 Å². The molecular weight excluding hydrogens is 204 g/mol. The molecule has 0 aliphatic carbocycles. The molecule has 90 valence electrons. The van der Waals surface area contributed by atoms with Crippen molar-refractivity contribution in [2.75, 3.05) is 13.6 Å². The van der Waals surface area contributed by atoms with Crippen LogP contribution in [0.3, 0.4) is 0 Å². The number of nitrogens with zero attached hydrogens (tertiary/aromatic N) is 1. The van der Waals surface area contributed by atoms with E-state index in [1.165, 1.54) is 10.5 Å². The number of allylic oxidation sites excluding steroid dienone is 1. The van der Waals surface area contributed by atoms with Gasteiger partial charge in [-0.1, -0.05) is 5.57 Å². The summed E-state index contributed by atoms with van der Waals surface area (Å²) < 4.78 is 0. The number of amides is 1. The quantitative estimate of drug-likeness (QED) is 0.749. The molecule has 4 nitrogen and oxygen atoms in total. The van der Waals surface area contributed by atoms with Crippen LogP contribution in [-0.4, -0.2) is 35.7 Å². The molecule has 0 aromatic rings. The molecule has 0 aromatic carbocycles. The predicted molar refractivity (Wildman–Crippen MR) is 63.5 cm³/mol. The van der Waals surface area contributed by atoms with Crippen LogP contribution in [0.2, 0.25) is 0 Å². The number of hydrogen-bond acceptors (Lipinski definition) is 3. The van der Waals surface area contributed by atoms with E-state index in [2.05, 4.69) is 5.32 Å². The van der Waals surface area contributed by atoms with Gasteiger partial charge in [0, 0.05) is 31.3 Å². The van der Waals surface area contributed by atoms with E-state index in [1.807, 2.05) is 20.9 Å². The monoisotopic (exact) mass is 224 g/mol. The molecule has 0 saturated carbocycles. The lowest BCUT2D eigenvalue weighted by atomic mass is 10.2. The first-order valence-corrected chi connectivity index (χ1v) is 5.49. The zero-order valence-corrected chi connectivity index (χ0v) is 10.4. The molecule has 1 amide bonds. The zero-order chi connectivity index (χ0) is 12.3. The van der Waals surface area contributed by atoms with E-state index in [0.29, 0.717) is 12.1 Å². The predicted octanol–water partition coefficient (Wildman–Crippen LogP) is 0.997. The fourth-order valence-corrected chi connectivity index (χ4v) is 1.82. The molecule has 16 heavy (non-hydrogen) atoms. The van der Waals surface area contributed by atoms with Crippen molar-refractivity contribution in [3.8, 4) is 0 Å². The molecule has 0 spiro atoms. The highest BCUT2D eigenvalue weighted by Gasteiger charge is 2.27. The van der Waals surface area contributed by atoms with Crippen LogP contribution in [-0.2, 0) is 4.79 Å². The van der Waals surface area contributed by atoms with Crippen molar-refractivity contribution < 1.29 is 9.90 Å². The molecule has 4 heteroatoms. The van der Waals surface area contributed by atoms with Crippen LogP contribution in [0.25, 0.3) is 0 Å². The summed E-state index contributed by atoms with van der Waals surface area (Å²) in [5.41, 5.74) is 2.94. The normalized spacial score (nSPS) is 19.8. The molecule has 0 bridgehead atoms. The molecule has 1 unspecified atom stereocenters. The molecule has 1 aliphatic heterocycles. The molecule has 1 rings (SSSR count). The SMILES string of the molecule is CNC(CCN1C(=O)C(C)=CC1O)=C(C)C. The molecule has 0 aromatic heterocycles. The van der Waals surface area contributed by atoms with Crippen molar-refractivity contribution in [2.24, 2.45) is 0 Å². The van der Waals surface area contributed by atoms with Crippen molar-refractivity contribution in [3.63, 3.8) is 0 Å². The fraction of sp³-hybridized carbons (Fsp3) is 0.583. The molecule has 1 aliphatic rings. The Morgan fingerprint density at radius 1 is 1.56 bits per heavy atom. The third kappa shape index (κ3) is 2.64. The van der Waals surface area contributed by atoms with Gasteiger partial charge in [-0.25, -0.2) is 0 Å². The zero-order valence-electron chi connectivity index (χ0n) is 10.4. The molecule has 1 heterocycles. The van der Waals surface area contributed by atoms with E-state index in [-0.39, 0.29) is 5.91 Å². The second-order valence-corrected chi connectivity index (χ2v) is 4.24. The van der Waals surface area contributed by atoms with Gasteiger partial charge in [-0.15, -0.1) is 0 Å². The van der Waals surface area contributed by atoms with Crippen LogP contribution in [0.15, 0.2) is 22.9 Å². The van der Waals surface area contributed by atoms with E-state index in [9.17, 15) is 9.90 Å². The Labute approximate surface area is 96.6 Å². The molecule has 1 atom stereocenters. The summed E-state index contributed by atoms with van der Waals surface area (Å²) in [6, 6.07) is 0. The standard InChI is InChI=1S/C12H20N2O2/c1-8(2)10(13-4)5-6-14-11(15)7-9(3)12(14)16/h7,11,13,15H,5-6H2,1-4H3. The lowest BCUT2D eigenvalue weighted by Gasteiger charge is -2.21. The number of aliphatic hydroxyl groups is 1. The first-order chi connectivity index (χ1) is 7.47. The highest BCUT2D eigenvalue weighted by molar-refractivity contribution is 5.95. The van der Waals surface area contributed by atoms with Crippen molar-refractivity contribution >= 4 is 5.91 Å². The number of nitrogens with one attached hydrogen (secondary N) is 1. The van der Waals surface area contributed by atoms with E-state index in [4.69, 9.17) is 0 Å². The van der Waals surface area contributed by atoms with E-state index in [0.717, 1.165) is 12.1 Å². The van der Waals surface area contributed by atoms with E-state index < -0.39 is 6.23 Å². The first kappa shape index (κ1) is 12.8. The summed E-state index contributed by atoms with van der Waals surface area (Å²) >= 11 is 0. The minimum absolute atomic E-state index is 0.0725. The van der Waals surface area contributed by atoms with Crippen LogP contribution in [0.1, 0.15) is 27.2 Å². The Morgan fingerprint density at radius 3 is 2.56 bits per heavy atom. The van der Waals surface area contributed by atoms with Crippen molar-refractivity contribution in [2.45, 2.75) is 33.4 Å². The summed E-state index contributed by atoms with van der Waals surface area (Å²) in [6.07, 6.45) is 1.56. The Morgan fingerprint density at radius 2 is 2.19 bits per heavy atom. The summed E-state index contributed by atoms with van der Waals surface area (Å²) in [7, 11) is 1.87. The molecule has 0 radical (unpaired) electrons. The average molecular weight is 224 g/mol. The van der Waals surface area contributed by atoms with Gasteiger partial charge in [-0.3, -0.25) is 4.79 Å². The number of carbonyl (C=O) groups is 1. The maximum Gasteiger partial charge on any atom is 0.251 e.